The van der Waals surface area contributed by atoms with Crippen molar-refractivity contribution in [3.63, 3.8) is 0 Å². The van der Waals surface area contributed by atoms with E-state index in [0.717, 1.165) is 0 Å². The van der Waals surface area contributed by atoms with Crippen molar-refractivity contribution in [2.45, 2.75) is 19.1 Å². The molecule has 10 heteroatoms. The molecule has 1 unspecified atom stereocenters. The summed E-state index contributed by atoms with van der Waals surface area (Å²) in [5.74, 6) is 0.308. The molecule has 17 heavy (non-hydrogen) atoms. The molecule has 3 N–H and O–H groups in total. The Morgan fingerprint density at radius 2 is 2.18 bits per heavy atom. The zero-order valence-electron chi connectivity index (χ0n) is 8.75. The molecule has 0 fully saturated rings. The molecule has 98 valence electrons. The highest BCUT2D eigenvalue weighted by Crippen LogP contribution is 2.13. The summed E-state index contributed by atoms with van der Waals surface area (Å²) < 4.78 is 61.3. The molecule has 1 aromatic rings. The number of aromatic amines is 1. The third kappa shape index (κ3) is 5.15. The van der Waals surface area contributed by atoms with Crippen LogP contribution in [0.2, 0.25) is 0 Å². The van der Waals surface area contributed by atoms with E-state index >= 15 is 0 Å². The van der Waals surface area contributed by atoms with Gasteiger partial charge in [-0.25, -0.2) is 4.98 Å². The number of aromatic nitrogens is 2. The minimum atomic E-state index is -4.59. The van der Waals surface area contributed by atoms with Crippen molar-refractivity contribution in [2.75, 3.05) is 6.54 Å². The van der Waals surface area contributed by atoms with Gasteiger partial charge in [-0.3, -0.25) is 0 Å². The van der Waals surface area contributed by atoms with Crippen LogP contribution in [0.3, 0.4) is 0 Å². The van der Waals surface area contributed by atoms with Gasteiger partial charge in [0.25, 0.3) is 10.2 Å². The molecule has 1 atom stereocenters. The van der Waals surface area contributed by atoms with E-state index in [1.807, 2.05) is 4.72 Å². The zero-order valence-corrected chi connectivity index (χ0v) is 9.56. The maximum absolute atomic E-state index is 11.8. The predicted octanol–water partition coefficient (Wildman–Crippen LogP) is 0.457. The predicted molar refractivity (Wildman–Crippen MR) is 53.1 cm³/mol. The number of nitrogens with zero attached hydrogens (tertiary/aromatic N) is 1. The number of hydrogen-bond donors (Lipinski definition) is 3. The highest BCUT2D eigenvalue weighted by Gasteiger charge is 2.30. The Morgan fingerprint density at radius 1 is 1.53 bits per heavy atom. The van der Waals surface area contributed by atoms with E-state index in [-0.39, 0.29) is 0 Å². The Balaban J connectivity index is 2.55. The van der Waals surface area contributed by atoms with Crippen LogP contribution in [0.5, 0.6) is 0 Å². The summed E-state index contributed by atoms with van der Waals surface area (Å²) >= 11 is 0. The Hall–Kier alpha value is -1.13. The summed E-state index contributed by atoms with van der Waals surface area (Å²) in [5, 5.41) is 0. The second-order valence-corrected chi connectivity index (χ2v) is 4.78. The van der Waals surface area contributed by atoms with Crippen molar-refractivity contribution >= 4 is 10.2 Å². The number of nitrogens with one attached hydrogen (secondary N) is 3. The monoisotopic (exact) mass is 272 g/mol. The Morgan fingerprint density at radius 3 is 2.65 bits per heavy atom. The number of halogens is 3. The van der Waals surface area contributed by atoms with Crippen molar-refractivity contribution in [3.8, 4) is 0 Å². The summed E-state index contributed by atoms with van der Waals surface area (Å²) in [7, 11) is -4.22. The summed E-state index contributed by atoms with van der Waals surface area (Å²) in [6.07, 6.45) is -1.71. The minimum absolute atomic E-state index is 0.308. The van der Waals surface area contributed by atoms with Crippen LogP contribution in [0.4, 0.5) is 13.2 Å². The molecule has 0 aliphatic heterocycles. The summed E-state index contributed by atoms with van der Waals surface area (Å²) in [5.41, 5.74) is 0. The Labute approximate surface area is 95.8 Å². The first-order valence-corrected chi connectivity index (χ1v) is 6.01. The summed E-state index contributed by atoms with van der Waals surface area (Å²) in [6, 6.07) is -0.754. The van der Waals surface area contributed by atoms with E-state index in [1.165, 1.54) is 24.0 Å². The normalized spacial score (nSPS) is 14.8. The lowest BCUT2D eigenvalue weighted by atomic mass is 10.3. The second kappa shape index (κ2) is 5.02. The first-order valence-electron chi connectivity index (χ1n) is 4.52. The van der Waals surface area contributed by atoms with Gasteiger partial charge in [0.1, 0.15) is 12.4 Å². The molecule has 0 amide bonds. The van der Waals surface area contributed by atoms with Crippen molar-refractivity contribution < 1.29 is 21.6 Å². The van der Waals surface area contributed by atoms with E-state index in [4.69, 9.17) is 0 Å². The van der Waals surface area contributed by atoms with Crippen LogP contribution in [0, 0.1) is 0 Å². The van der Waals surface area contributed by atoms with Gasteiger partial charge in [0, 0.05) is 12.4 Å². The topological polar surface area (TPSA) is 86.9 Å². The lowest BCUT2D eigenvalue weighted by molar-refractivity contribution is -0.121. The summed E-state index contributed by atoms with van der Waals surface area (Å²) in [6.45, 7) is -0.168. The molecule has 6 nitrogen and oxygen atoms in total. The van der Waals surface area contributed by atoms with Crippen LogP contribution in [0.25, 0.3) is 0 Å². The average Bonchev–Trinajstić information content (AvgIpc) is 2.66. The highest BCUT2D eigenvalue weighted by molar-refractivity contribution is 7.87. The third-order valence-electron chi connectivity index (χ3n) is 1.72. The fourth-order valence-corrected chi connectivity index (χ4v) is 2.04. The van der Waals surface area contributed by atoms with Crippen LogP contribution in [0.15, 0.2) is 12.4 Å². The van der Waals surface area contributed by atoms with Crippen LogP contribution in [0.1, 0.15) is 18.8 Å². The van der Waals surface area contributed by atoms with Crippen molar-refractivity contribution in [2.24, 2.45) is 0 Å². The largest absolute Gasteiger partial charge is 0.402 e. The zero-order chi connectivity index (χ0) is 13.1. The molecule has 0 saturated carbocycles. The minimum Gasteiger partial charge on any atom is -0.347 e. The van der Waals surface area contributed by atoms with Gasteiger partial charge in [-0.2, -0.15) is 31.0 Å². The van der Waals surface area contributed by atoms with E-state index in [1.54, 1.807) is 0 Å². The van der Waals surface area contributed by atoms with E-state index in [9.17, 15) is 21.6 Å². The number of alkyl halides is 3. The standard InChI is InChI=1S/C7H11F3N4O2S/c1-5(6-11-2-3-12-6)14-17(15,16)13-4-7(8,9)10/h2-3,5,13-14H,4H2,1H3,(H,11,12). The molecular formula is C7H11F3N4O2S. The van der Waals surface area contributed by atoms with Crippen LogP contribution in [-0.2, 0) is 10.2 Å². The molecule has 1 rings (SSSR count). The first-order chi connectivity index (χ1) is 7.70. The fraction of sp³-hybridized carbons (Fsp3) is 0.571. The first kappa shape index (κ1) is 13.9. The van der Waals surface area contributed by atoms with Crippen molar-refractivity contribution in [3.05, 3.63) is 18.2 Å². The highest BCUT2D eigenvalue weighted by atomic mass is 32.2. The molecular weight excluding hydrogens is 261 g/mol. The van der Waals surface area contributed by atoms with Crippen LogP contribution in [-0.4, -0.2) is 31.1 Å². The van der Waals surface area contributed by atoms with Gasteiger partial charge in [-0.15, -0.1) is 0 Å². The Kier molecular flexibility index (Phi) is 4.11. The van der Waals surface area contributed by atoms with Gasteiger partial charge in [0.15, 0.2) is 0 Å². The smallest absolute Gasteiger partial charge is 0.347 e. The molecule has 0 aliphatic rings. The fourth-order valence-electron chi connectivity index (χ4n) is 1.02. The average molecular weight is 272 g/mol. The number of rotatable bonds is 5. The van der Waals surface area contributed by atoms with Gasteiger partial charge >= 0.3 is 6.18 Å². The molecule has 0 saturated heterocycles. The lowest BCUT2D eigenvalue weighted by Gasteiger charge is -2.13. The molecule has 0 aliphatic carbocycles. The molecule has 1 heterocycles. The third-order valence-corrected chi connectivity index (χ3v) is 2.91. The van der Waals surface area contributed by atoms with E-state index in [2.05, 4.69) is 9.97 Å². The van der Waals surface area contributed by atoms with Gasteiger partial charge in [-0.05, 0) is 6.92 Å². The molecule has 0 bridgehead atoms. The molecule has 0 radical (unpaired) electrons. The van der Waals surface area contributed by atoms with Crippen molar-refractivity contribution in [1.82, 2.24) is 19.4 Å². The Bertz CT molecular complexity index is 442. The number of H-pyrrole nitrogens is 1. The second-order valence-electron chi connectivity index (χ2n) is 3.25. The van der Waals surface area contributed by atoms with E-state index < -0.39 is 29.0 Å². The van der Waals surface area contributed by atoms with Gasteiger partial charge in [0.05, 0.1) is 6.04 Å². The van der Waals surface area contributed by atoms with Gasteiger partial charge < -0.3 is 4.98 Å². The maximum atomic E-state index is 11.8. The van der Waals surface area contributed by atoms with Crippen molar-refractivity contribution in [1.29, 1.82) is 0 Å². The molecule has 1 aromatic heterocycles. The summed E-state index contributed by atoms with van der Waals surface area (Å²) in [4.78, 5) is 6.42. The van der Waals surface area contributed by atoms with Crippen LogP contribution >= 0.6 is 0 Å². The van der Waals surface area contributed by atoms with Gasteiger partial charge in [0.2, 0.25) is 0 Å². The number of hydrogen-bond acceptors (Lipinski definition) is 3. The van der Waals surface area contributed by atoms with Crippen LogP contribution < -0.4 is 9.44 Å². The SMILES string of the molecule is CC(NS(=O)(=O)NCC(F)(F)F)c1ncc[nH]1. The quantitative estimate of drug-likeness (QED) is 0.727. The van der Waals surface area contributed by atoms with E-state index in [0.29, 0.717) is 5.82 Å². The molecule has 0 spiro atoms. The van der Waals surface area contributed by atoms with Gasteiger partial charge in [-0.1, -0.05) is 0 Å². The molecule has 0 aromatic carbocycles. The lowest BCUT2D eigenvalue weighted by Crippen LogP contribution is -2.42. The maximum Gasteiger partial charge on any atom is 0.402 e. The number of imidazole rings is 1.